The van der Waals surface area contributed by atoms with Gasteiger partial charge in [-0.05, 0) is 31.5 Å². The van der Waals surface area contributed by atoms with Crippen LogP contribution < -0.4 is 10.2 Å². The van der Waals surface area contributed by atoms with E-state index >= 15 is 0 Å². The summed E-state index contributed by atoms with van der Waals surface area (Å²) in [5.74, 6) is 0.483. The van der Waals surface area contributed by atoms with Crippen LogP contribution in [0.1, 0.15) is 33.4 Å². The Bertz CT molecular complexity index is 761. The average Bonchev–Trinajstić information content (AvgIpc) is 3.33. The summed E-state index contributed by atoms with van der Waals surface area (Å²) in [5, 5.41) is 7.11. The van der Waals surface area contributed by atoms with Gasteiger partial charge in [-0.1, -0.05) is 0 Å². The number of rotatable bonds is 4. The second kappa shape index (κ2) is 6.86. The molecule has 2 amide bonds. The third-order valence-corrected chi connectivity index (χ3v) is 6.88. The van der Waals surface area contributed by atoms with E-state index in [1.807, 2.05) is 28.6 Å². The van der Waals surface area contributed by atoms with E-state index in [4.69, 9.17) is 0 Å². The molecule has 2 aliphatic rings. The highest BCUT2D eigenvalue weighted by Crippen LogP contribution is 2.32. The van der Waals surface area contributed by atoms with Crippen LogP contribution >= 0.6 is 22.7 Å². The van der Waals surface area contributed by atoms with E-state index in [1.54, 1.807) is 23.3 Å². The van der Waals surface area contributed by atoms with Crippen molar-refractivity contribution in [3.63, 3.8) is 0 Å². The predicted molar refractivity (Wildman–Crippen MR) is 99.5 cm³/mol. The number of thiophene rings is 1. The number of nitrogens with one attached hydrogen (secondary N) is 1. The van der Waals surface area contributed by atoms with Gasteiger partial charge in [-0.3, -0.25) is 9.59 Å². The van der Waals surface area contributed by atoms with Crippen LogP contribution in [-0.4, -0.2) is 54.4 Å². The molecule has 132 valence electrons. The summed E-state index contributed by atoms with van der Waals surface area (Å²) < 4.78 is 0. The lowest BCUT2D eigenvalue weighted by atomic mass is 10.0. The first-order valence-electron chi connectivity index (χ1n) is 8.43. The number of thiazole rings is 1. The van der Waals surface area contributed by atoms with E-state index in [0.717, 1.165) is 42.5 Å². The number of nitrogens with zero attached hydrogens (tertiary/aromatic N) is 3. The number of hydrogen-bond donors (Lipinski definition) is 1. The van der Waals surface area contributed by atoms with Gasteiger partial charge in [-0.2, -0.15) is 0 Å². The Balaban J connectivity index is 1.37. The van der Waals surface area contributed by atoms with Gasteiger partial charge in [0.25, 0.3) is 5.91 Å². The summed E-state index contributed by atoms with van der Waals surface area (Å²) in [7, 11) is 1.78. The van der Waals surface area contributed by atoms with Gasteiger partial charge in [0, 0.05) is 37.6 Å². The molecule has 0 unspecified atom stereocenters. The minimum Gasteiger partial charge on any atom is -0.336 e. The molecule has 2 aromatic heterocycles. The van der Waals surface area contributed by atoms with Crippen molar-refractivity contribution in [2.75, 3.05) is 31.6 Å². The first-order chi connectivity index (χ1) is 12.1. The minimum atomic E-state index is -0.0966. The molecule has 2 aromatic rings. The third-order valence-electron chi connectivity index (χ3n) is 4.79. The fourth-order valence-corrected chi connectivity index (χ4v) is 4.92. The molecular formula is C17H20N4O2S2. The lowest BCUT2D eigenvalue weighted by molar-refractivity contribution is -0.119. The molecule has 0 spiro atoms. The Labute approximate surface area is 154 Å². The van der Waals surface area contributed by atoms with Crippen LogP contribution in [0.5, 0.6) is 0 Å². The minimum absolute atomic E-state index is 0.0453. The predicted octanol–water partition coefficient (Wildman–Crippen LogP) is 2.16. The maximum Gasteiger partial charge on any atom is 0.264 e. The van der Waals surface area contributed by atoms with Crippen molar-refractivity contribution in [2.45, 2.75) is 24.8 Å². The van der Waals surface area contributed by atoms with E-state index in [1.165, 1.54) is 11.3 Å². The second-order valence-corrected chi connectivity index (χ2v) is 8.45. The van der Waals surface area contributed by atoms with Gasteiger partial charge < -0.3 is 15.1 Å². The van der Waals surface area contributed by atoms with Gasteiger partial charge in [0.15, 0.2) is 0 Å². The molecule has 6 nitrogen and oxygen atoms in total. The van der Waals surface area contributed by atoms with E-state index in [0.29, 0.717) is 10.8 Å². The highest BCUT2D eigenvalue weighted by atomic mass is 32.1. The monoisotopic (exact) mass is 376 g/mol. The van der Waals surface area contributed by atoms with Crippen molar-refractivity contribution in [1.82, 2.24) is 15.2 Å². The van der Waals surface area contributed by atoms with E-state index in [9.17, 15) is 9.59 Å². The maximum absolute atomic E-state index is 12.6. The molecule has 25 heavy (non-hydrogen) atoms. The zero-order valence-corrected chi connectivity index (χ0v) is 15.6. The number of anilines is 1. The summed E-state index contributed by atoms with van der Waals surface area (Å²) in [6.07, 6.45) is 3.72. The van der Waals surface area contributed by atoms with Crippen molar-refractivity contribution in [2.24, 2.45) is 0 Å². The number of carbonyl (C=O) groups excluding carboxylic acids is 2. The van der Waals surface area contributed by atoms with Crippen LogP contribution in [0.3, 0.4) is 0 Å². The Kier molecular flexibility index (Phi) is 4.58. The zero-order chi connectivity index (χ0) is 17.4. The molecule has 0 aliphatic carbocycles. The number of carbonyl (C=O) groups is 2. The highest BCUT2D eigenvalue weighted by molar-refractivity contribution is 7.18. The van der Waals surface area contributed by atoms with Crippen LogP contribution in [0.15, 0.2) is 23.7 Å². The molecular weight excluding hydrogens is 356 g/mol. The van der Waals surface area contributed by atoms with E-state index < -0.39 is 0 Å². The van der Waals surface area contributed by atoms with E-state index in [2.05, 4.69) is 10.3 Å². The van der Waals surface area contributed by atoms with Gasteiger partial charge in [-0.15, -0.1) is 22.7 Å². The molecule has 1 N–H and O–H groups in total. The smallest absolute Gasteiger partial charge is 0.264 e. The highest BCUT2D eigenvalue weighted by Gasteiger charge is 2.34. The summed E-state index contributed by atoms with van der Waals surface area (Å²) in [6.45, 7) is 2.34. The van der Waals surface area contributed by atoms with Gasteiger partial charge in [-0.25, -0.2) is 4.98 Å². The van der Waals surface area contributed by atoms with Crippen molar-refractivity contribution in [3.8, 4) is 0 Å². The normalized spacial score (nSPS) is 20.5. The Morgan fingerprint density at radius 3 is 2.88 bits per heavy atom. The summed E-state index contributed by atoms with van der Waals surface area (Å²) in [5.41, 5.74) is 0. The fraction of sp³-hybridized carbons (Fsp3) is 0.471. The standard InChI is InChI=1S/C17H20N4O2S2/c1-20(16(22)12-3-2-6-18-12)14-5-4-13(25-14)17(23)21-9-11(10-21)15-19-7-8-24-15/h4-5,7-8,11-12,18H,2-3,6,9-10H2,1H3/t12-/m0/s1. The van der Waals surface area contributed by atoms with Crippen LogP contribution in [0.25, 0.3) is 0 Å². The summed E-state index contributed by atoms with van der Waals surface area (Å²) in [4.78, 5) is 33.6. The van der Waals surface area contributed by atoms with Crippen LogP contribution in [0.2, 0.25) is 0 Å². The number of aromatic nitrogens is 1. The van der Waals surface area contributed by atoms with Gasteiger partial charge in [0.05, 0.1) is 20.9 Å². The fourth-order valence-electron chi connectivity index (χ4n) is 3.25. The molecule has 8 heteroatoms. The number of likely N-dealkylation sites (tertiary alicyclic amines) is 1. The largest absolute Gasteiger partial charge is 0.336 e. The maximum atomic E-state index is 12.6. The first kappa shape index (κ1) is 16.7. The summed E-state index contributed by atoms with van der Waals surface area (Å²) in [6, 6.07) is 3.59. The molecule has 4 rings (SSSR count). The Morgan fingerprint density at radius 2 is 2.20 bits per heavy atom. The number of hydrogen-bond acceptors (Lipinski definition) is 6. The zero-order valence-electron chi connectivity index (χ0n) is 14.0. The SMILES string of the molecule is CN(C(=O)[C@@H]1CCCN1)c1ccc(C(=O)N2CC(c3nccs3)C2)s1. The lowest BCUT2D eigenvalue weighted by Gasteiger charge is -2.37. The van der Waals surface area contributed by atoms with Gasteiger partial charge in [0.1, 0.15) is 0 Å². The quantitative estimate of drug-likeness (QED) is 0.888. The van der Waals surface area contributed by atoms with E-state index in [-0.39, 0.29) is 17.9 Å². The molecule has 0 bridgehead atoms. The van der Waals surface area contributed by atoms with Crippen LogP contribution in [0, 0.1) is 0 Å². The Hall–Kier alpha value is -1.77. The molecule has 2 fully saturated rings. The molecule has 2 aliphatic heterocycles. The molecule has 2 saturated heterocycles. The van der Waals surface area contributed by atoms with Gasteiger partial charge in [0.2, 0.25) is 5.91 Å². The lowest BCUT2D eigenvalue weighted by Crippen LogP contribution is -2.48. The van der Waals surface area contributed by atoms with Crippen LogP contribution in [-0.2, 0) is 4.79 Å². The first-order valence-corrected chi connectivity index (χ1v) is 10.1. The summed E-state index contributed by atoms with van der Waals surface area (Å²) >= 11 is 3.03. The molecule has 1 atom stereocenters. The van der Waals surface area contributed by atoms with Crippen LogP contribution in [0.4, 0.5) is 5.00 Å². The molecule has 0 aromatic carbocycles. The van der Waals surface area contributed by atoms with Crippen molar-refractivity contribution < 1.29 is 9.59 Å². The van der Waals surface area contributed by atoms with Crippen molar-refractivity contribution in [1.29, 1.82) is 0 Å². The number of likely N-dealkylation sites (N-methyl/N-ethyl adjacent to an activating group) is 1. The topological polar surface area (TPSA) is 65.5 Å². The Morgan fingerprint density at radius 1 is 1.36 bits per heavy atom. The second-order valence-electron chi connectivity index (χ2n) is 6.46. The van der Waals surface area contributed by atoms with Gasteiger partial charge >= 0.3 is 0 Å². The number of amides is 2. The third kappa shape index (κ3) is 3.21. The molecule has 0 radical (unpaired) electrons. The van der Waals surface area contributed by atoms with Crippen molar-refractivity contribution in [3.05, 3.63) is 33.6 Å². The van der Waals surface area contributed by atoms with Crippen molar-refractivity contribution >= 4 is 39.5 Å². The molecule has 4 heterocycles. The molecule has 0 saturated carbocycles. The average molecular weight is 377 g/mol.